The molecule has 0 heterocycles. The van der Waals surface area contributed by atoms with Gasteiger partial charge in [0, 0.05) is 10.6 Å². The quantitative estimate of drug-likeness (QED) is 0.200. The molecule has 7 heteroatoms. The minimum absolute atomic E-state index is 0.314. The average molecular weight is 631 g/mol. The van der Waals surface area contributed by atoms with Crippen molar-refractivity contribution in [1.29, 1.82) is 0 Å². The van der Waals surface area contributed by atoms with Gasteiger partial charge in [-0.25, -0.2) is 5.43 Å². The minimum atomic E-state index is -0.314. The number of hydrogen-bond acceptors (Lipinski definition) is 3. The minimum Gasteiger partial charge on any atom is -0.487 e. The summed E-state index contributed by atoms with van der Waals surface area (Å²) in [5.74, 6) is 0.527. The zero-order chi connectivity index (χ0) is 20.8. The molecule has 0 saturated heterocycles. The maximum Gasteiger partial charge on any atom is 0.271 e. The predicted molar refractivity (Wildman–Crippen MR) is 134 cm³/mol. The Kier molecular flexibility index (Phi) is 7.91. The Hall–Kier alpha value is -1.65. The molecule has 1 N–H and O–H groups in total. The van der Waals surface area contributed by atoms with Crippen LogP contribution >= 0.6 is 56.8 Å². The highest BCUT2D eigenvalue weighted by Gasteiger charge is 2.09. The SMILES string of the molecule is Cc1cccc(COc2c(I)cc(/C=N\NC(=O)c3cccc(Cl)c3)cc2I)c1. The van der Waals surface area contributed by atoms with Crippen LogP contribution in [0.2, 0.25) is 5.02 Å². The fraction of sp³-hybridized carbons (Fsp3) is 0.0909. The fourth-order valence-electron chi connectivity index (χ4n) is 2.61. The second kappa shape index (κ2) is 10.4. The van der Waals surface area contributed by atoms with E-state index in [1.165, 1.54) is 5.56 Å². The first-order valence-electron chi connectivity index (χ1n) is 8.69. The van der Waals surface area contributed by atoms with Gasteiger partial charge in [-0.3, -0.25) is 4.79 Å². The number of benzene rings is 3. The Morgan fingerprint density at radius 2 is 1.83 bits per heavy atom. The maximum absolute atomic E-state index is 12.1. The topological polar surface area (TPSA) is 50.7 Å². The van der Waals surface area contributed by atoms with Gasteiger partial charge in [0.25, 0.3) is 5.91 Å². The second-order valence-corrected chi connectivity index (χ2v) is 9.06. The molecule has 29 heavy (non-hydrogen) atoms. The highest BCUT2D eigenvalue weighted by molar-refractivity contribution is 14.1. The number of aryl methyl sites for hydroxylation is 1. The molecule has 3 aromatic rings. The molecule has 4 nitrogen and oxygen atoms in total. The van der Waals surface area contributed by atoms with Gasteiger partial charge in [-0.15, -0.1) is 0 Å². The van der Waals surface area contributed by atoms with Crippen LogP contribution in [0.4, 0.5) is 0 Å². The van der Waals surface area contributed by atoms with Crippen LogP contribution < -0.4 is 10.2 Å². The lowest BCUT2D eigenvalue weighted by Crippen LogP contribution is -2.17. The van der Waals surface area contributed by atoms with Gasteiger partial charge in [0.05, 0.1) is 13.4 Å². The molecule has 0 atom stereocenters. The molecule has 148 valence electrons. The molecule has 0 aliphatic heterocycles. The zero-order valence-corrected chi connectivity index (χ0v) is 20.5. The molecule has 0 aliphatic rings. The van der Waals surface area contributed by atoms with Crippen LogP contribution in [0.1, 0.15) is 27.0 Å². The number of rotatable bonds is 6. The van der Waals surface area contributed by atoms with E-state index in [0.29, 0.717) is 17.2 Å². The van der Waals surface area contributed by atoms with Crippen LogP contribution in [0.15, 0.2) is 65.8 Å². The van der Waals surface area contributed by atoms with E-state index in [1.807, 2.05) is 18.2 Å². The Balaban J connectivity index is 1.65. The Morgan fingerprint density at radius 3 is 2.52 bits per heavy atom. The number of hydrogen-bond donors (Lipinski definition) is 1. The Bertz CT molecular complexity index is 1050. The summed E-state index contributed by atoms with van der Waals surface area (Å²) in [4.78, 5) is 12.1. The van der Waals surface area contributed by atoms with Gasteiger partial charge >= 0.3 is 0 Å². The monoisotopic (exact) mass is 630 g/mol. The van der Waals surface area contributed by atoms with Gasteiger partial charge in [0.15, 0.2) is 0 Å². The molecule has 0 aliphatic carbocycles. The number of carbonyl (C=O) groups is 1. The highest BCUT2D eigenvalue weighted by Crippen LogP contribution is 2.29. The summed E-state index contributed by atoms with van der Waals surface area (Å²) in [5, 5.41) is 4.55. The van der Waals surface area contributed by atoms with E-state index in [0.717, 1.165) is 24.0 Å². The predicted octanol–water partition coefficient (Wildman–Crippen LogP) is 6.20. The maximum atomic E-state index is 12.1. The third-order valence-electron chi connectivity index (χ3n) is 3.95. The first kappa shape index (κ1) is 22.0. The number of hydrazone groups is 1. The van der Waals surface area contributed by atoms with Crippen LogP contribution in [0, 0.1) is 14.1 Å². The van der Waals surface area contributed by atoms with E-state index in [-0.39, 0.29) is 5.91 Å². The van der Waals surface area contributed by atoms with E-state index in [1.54, 1.807) is 30.5 Å². The van der Waals surface area contributed by atoms with Crippen molar-refractivity contribution in [3.05, 3.63) is 95.1 Å². The summed E-state index contributed by atoms with van der Waals surface area (Å²) in [7, 11) is 0. The van der Waals surface area contributed by atoms with Gasteiger partial charge in [-0.05, 0) is 93.6 Å². The molecule has 3 rings (SSSR count). The first-order valence-corrected chi connectivity index (χ1v) is 11.2. The normalized spacial score (nSPS) is 10.9. The van der Waals surface area contributed by atoms with Gasteiger partial charge in [0.2, 0.25) is 0 Å². The second-order valence-electron chi connectivity index (χ2n) is 6.30. The molecular weight excluding hydrogens is 614 g/mol. The van der Waals surface area contributed by atoms with Crippen LogP contribution in [-0.4, -0.2) is 12.1 Å². The molecule has 3 aromatic carbocycles. The summed E-state index contributed by atoms with van der Waals surface area (Å²) in [5.41, 5.74) is 6.18. The molecule has 1 amide bonds. The summed E-state index contributed by atoms with van der Waals surface area (Å²) in [6, 6.07) is 18.9. The van der Waals surface area contributed by atoms with Crippen molar-refractivity contribution >= 4 is 68.9 Å². The zero-order valence-electron chi connectivity index (χ0n) is 15.5. The summed E-state index contributed by atoms with van der Waals surface area (Å²) < 4.78 is 7.99. The van der Waals surface area contributed by atoms with E-state index in [4.69, 9.17) is 16.3 Å². The summed E-state index contributed by atoms with van der Waals surface area (Å²) in [6.45, 7) is 2.58. The van der Waals surface area contributed by atoms with Crippen molar-refractivity contribution in [2.24, 2.45) is 5.10 Å². The molecule has 0 spiro atoms. The number of nitrogens with one attached hydrogen (secondary N) is 1. The number of ether oxygens (including phenoxy) is 1. The standard InChI is InChI=1S/C22H17ClI2N2O2/c1-14-4-2-5-15(8-14)13-29-21-19(24)9-16(10-20(21)25)12-26-27-22(28)17-6-3-7-18(23)11-17/h2-12H,13H2,1H3,(H,27,28)/b26-12-. The number of nitrogens with zero attached hydrogens (tertiary/aromatic N) is 1. The molecule has 0 saturated carbocycles. The largest absolute Gasteiger partial charge is 0.487 e. The number of carbonyl (C=O) groups excluding carboxylic acids is 1. The molecule has 0 unspecified atom stereocenters. The van der Waals surface area contributed by atoms with E-state index in [9.17, 15) is 4.79 Å². The van der Waals surface area contributed by atoms with E-state index >= 15 is 0 Å². The molecule has 0 aromatic heterocycles. The van der Waals surface area contributed by atoms with Crippen molar-refractivity contribution in [1.82, 2.24) is 5.43 Å². The van der Waals surface area contributed by atoms with Crippen molar-refractivity contribution in [3.8, 4) is 5.75 Å². The fourth-order valence-corrected chi connectivity index (χ4v) is 4.93. The first-order chi connectivity index (χ1) is 13.9. The van der Waals surface area contributed by atoms with Crippen molar-refractivity contribution < 1.29 is 9.53 Å². The van der Waals surface area contributed by atoms with Gasteiger partial charge in [-0.2, -0.15) is 5.10 Å². The smallest absolute Gasteiger partial charge is 0.271 e. The number of halogens is 3. The van der Waals surface area contributed by atoms with Crippen molar-refractivity contribution in [2.75, 3.05) is 0 Å². The van der Waals surface area contributed by atoms with Crippen LogP contribution in [-0.2, 0) is 6.61 Å². The third-order valence-corrected chi connectivity index (χ3v) is 5.79. The molecule has 0 bridgehead atoms. The van der Waals surface area contributed by atoms with E-state index < -0.39 is 0 Å². The average Bonchev–Trinajstić information content (AvgIpc) is 2.67. The summed E-state index contributed by atoms with van der Waals surface area (Å²) in [6.07, 6.45) is 1.61. The summed E-state index contributed by atoms with van der Waals surface area (Å²) >= 11 is 10.4. The lowest BCUT2D eigenvalue weighted by molar-refractivity contribution is 0.0955. The van der Waals surface area contributed by atoms with Crippen LogP contribution in [0.3, 0.4) is 0 Å². The Labute approximate surface area is 202 Å². The highest BCUT2D eigenvalue weighted by atomic mass is 127. The van der Waals surface area contributed by atoms with Gasteiger partial charge in [-0.1, -0.05) is 47.5 Å². The van der Waals surface area contributed by atoms with Crippen molar-refractivity contribution in [3.63, 3.8) is 0 Å². The Morgan fingerprint density at radius 1 is 1.10 bits per heavy atom. The molecule has 0 radical (unpaired) electrons. The lowest BCUT2D eigenvalue weighted by Gasteiger charge is -2.12. The van der Waals surface area contributed by atoms with Crippen LogP contribution in [0.25, 0.3) is 0 Å². The molecule has 0 fully saturated rings. The van der Waals surface area contributed by atoms with E-state index in [2.05, 4.69) is 80.8 Å². The number of amides is 1. The lowest BCUT2D eigenvalue weighted by atomic mass is 10.1. The van der Waals surface area contributed by atoms with Gasteiger partial charge in [0.1, 0.15) is 12.4 Å². The molecular formula is C22H17ClI2N2O2. The van der Waals surface area contributed by atoms with Gasteiger partial charge < -0.3 is 4.74 Å². The third kappa shape index (κ3) is 6.42. The van der Waals surface area contributed by atoms with Crippen LogP contribution in [0.5, 0.6) is 5.75 Å². The van der Waals surface area contributed by atoms with Crippen molar-refractivity contribution in [2.45, 2.75) is 13.5 Å².